The Labute approximate surface area is 131 Å². The molecule has 1 atom stereocenters. The van der Waals surface area contributed by atoms with Crippen LogP contribution in [0.4, 0.5) is 24.8 Å². The van der Waals surface area contributed by atoms with E-state index in [0.717, 1.165) is 26.2 Å². The highest BCUT2D eigenvalue weighted by atomic mass is 32.2. The zero-order valence-electron chi connectivity index (χ0n) is 12.0. The third kappa shape index (κ3) is 3.28. The minimum Gasteiger partial charge on any atom is -0.724 e. The quantitative estimate of drug-likeness (QED) is 0.327. The number of aromatic nitrogens is 2. The number of aliphatic imine (C=N–C) groups is 1. The number of hydrogen-bond acceptors (Lipinski definition) is 4. The van der Waals surface area contributed by atoms with Gasteiger partial charge in [0.2, 0.25) is 5.95 Å². The number of imidazole rings is 1. The molecule has 1 unspecified atom stereocenters. The number of nitrogens with one attached hydrogen (secondary N) is 1. The van der Waals surface area contributed by atoms with E-state index in [2.05, 4.69) is 15.0 Å². The number of halogens is 3. The molecule has 0 aliphatic rings. The second-order valence-corrected chi connectivity index (χ2v) is 6.40. The molecule has 12 heteroatoms. The molecule has 0 radical (unpaired) electrons. The van der Waals surface area contributed by atoms with E-state index in [9.17, 15) is 21.9 Å². The number of nitrogens with two attached hydrogens (primary N) is 2. The Bertz CT molecular complexity index is 810. The monoisotopic (exact) mass is 350 g/mol. The number of hydrogen-bond donors (Lipinski definition) is 3. The van der Waals surface area contributed by atoms with E-state index in [4.69, 9.17) is 11.5 Å². The lowest BCUT2D eigenvalue weighted by Crippen LogP contribution is -2.43. The summed E-state index contributed by atoms with van der Waals surface area (Å²) in [7, 11) is 2.23. The number of guanidine groups is 1. The standard InChI is InChI=1S/C11H13F3N6O2S/c1-20(2,23(21)22)8-4-7-6(3-5(8)11(12,13)14)17-10(18-7)19-9(15)16/h3-4H,1-2H3,(H5-,15,16,17,18,19,21,22). The van der Waals surface area contributed by atoms with Gasteiger partial charge >= 0.3 is 6.18 Å². The second-order valence-electron chi connectivity index (χ2n) is 5.05. The number of nitrogens with zero attached hydrogens (tertiary/aromatic N) is 3. The van der Waals surface area contributed by atoms with Gasteiger partial charge in [-0.25, -0.2) is 13.1 Å². The van der Waals surface area contributed by atoms with Gasteiger partial charge in [0.15, 0.2) is 22.9 Å². The lowest BCUT2D eigenvalue weighted by molar-refractivity contribution is -0.137. The van der Waals surface area contributed by atoms with Crippen molar-refractivity contribution in [2.45, 2.75) is 6.18 Å². The molecule has 0 bridgehead atoms. The van der Waals surface area contributed by atoms with Crippen LogP contribution in [0, 0.1) is 0 Å². The summed E-state index contributed by atoms with van der Waals surface area (Å²) >= 11 is -2.84. The summed E-state index contributed by atoms with van der Waals surface area (Å²) in [6.45, 7) is 0. The largest absolute Gasteiger partial charge is 0.724 e. The maximum Gasteiger partial charge on any atom is 0.422 e. The predicted octanol–water partition coefficient (Wildman–Crippen LogP) is 0.848. The molecule has 2 rings (SSSR count). The zero-order chi connectivity index (χ0) is 17.6. The zero-order valence-corrected chi connectivity index (χ0v) is 12.8. The van der Waals surface area contributed by atoms with E-state index in [1.165, 1.54) is 0 Å². The summed E-state index contributed by atoms with van der Waals surface area (Å²) in [5.41, 5.74) is 8.93. The summed E-state index contributed by atoms with van der Waals surface area (Å²) < 4.78 is 61.4. The number of alkyl halides is 3. The number of quaternary nitrogens is 1. The highest BCUT2D eigenvalue weighted by Gasteiger charge is 2.40. The van der Waals surface area contributed by atoms with Gasteiger partial charge in [-0.3, -0.25) is 0 Å². The molecular formula is C11H13F3N6O2S. The summed E-state index contributed by atoms with van der Waals surface area (Å²) in [5, 5.41) is 0. The molecule has 0 saturated carbocycles. The van der Waals surface area contributed by atoms with Crippen molar-refractivity contribution in [3.63, 3.8) is 0 Å². The molecule has 0 saturated heterocycles. The van der Waals surface area contributed by atoms with E-state index < -0.39 is 32.6 Å². The third-order valence-corrected chi connectivity index (χ3v) is 4.02. The van der Waals surface area contributed by atoms with Crippen LogP contribution in [0.3, 0.4) is 0 Å². The summed E-state index contributed by atoms with van der Waals surface area (Å²) in [6.07, 6.45) is -4.75. The number of benzene rings is 1. The van der Waals surface area contributed by atoms with Gasteiger partial charge in [0.05, 0.1) is 25.1 Å². The predicted molar refractivity (Wildman–Crippen MR) is 79.1 cm³/mol. The van der Waals surface area contributed by atoms with Gasteiger partial charge in [0.1, 0.15) is 5.56 Å². The van der Waals surface area contributed by atoms with Crippen molar-refractivity contribution in [2.24, 2.45) is 16.5 Å². The van der Waals surface area contributed by atoms with Crippen LogP contribution in [0.25, 0.3) is 11.0 Å². The van der Waals surface area contributed by atoms with Crippen LogP contribution >= 0.6 is 0 Å². The van der Waals surface area contributed by atoms with Crippen molar-refractivity contribution in [3.8, 4) is 0 Å². The number of H-pyrrole nitrogens is 1. The van der Waals surface area contributed by atoms with Crippen molar-refractivity contribution >= 4 is 39.9 Å². The molecule has 5 N–H and O–H groups in total. The minimum absolute atomic E-state index is 0.0257. The molecule has 23 heavy (non-hydrogen) atoms. The first-order chi connectivity index (χ1) is 10.4. The maximum absolute atomic E-state index is 13.3. The van der Waals surface area contributed by atoms with Crippen molar-refractivity contribution in [2.75, 3.05) is 14.1 Å². The lowest BCUT2D eigenvalue weighted by Gasteiger charge is -2.31. The van der Waals surface area contributed by atoms with Crippen molar-refractivity contribution in [1.29, 1.82) is 0 Å². The van der Waals surface area contributed by atoms with E-state index in [1.54, 1.807) is 0 Å². The van der Waals surface area contributed by atoms with E-state index >= 15 is 0 Å². The van der Waals surface area contributed by atoms with Crippen LogP contribution in [0.2, 0.25) is 0 Å². The Morgan fingerprint density at radius 2 is 2.00 bits per heavy atom. The van der Waals surface area contributed by atoms with Crippen LogP contribution in [0.1, 0.15) is 5.56 Å². The van der Waals surface area contributed by atoms with Gasteiger partial charge < -0.3 is 21.0 Å². The Kier molecular flexibility index (Phi) is 4.09. The van der Waals surface area contributed by atoms with Crippen molar-refractivity contribution < 1.29 is 21.9 Å². The first kappa shape index (κ1) is 17.2. The highest BCUT2D eigenvalue weighted by Crippen LogP contribution is 2.41. The number of aromatic amines is 1. The summed E-state index contributed by atoms with van der Waals surface area (Å²) in [4.78, 5) is 10.1. The van der Waals surface area contributed by atoms with Gasteiger partial charge in [-0.1, -0.05) is 0 Å². The van der Waals surface area contributed by atoms with Crippen LogP contribution < -0.4 is 15.4 Å². The molecule has 1 aromatic heterocycles. The van der Waals surface area contributed by atoms with E-state index in [1.807, 2.05) is 0 Å². The molecule has 0 aliphatic heterocycles. The molecule has 126 valence electrons. The Morgan fingerprint density at radius 1 is 1.39 bits per heavy atom. The van der Waals surface area contributed by atoms with Gasteiger partial charge in [0, 0.05) is 6.07 Å². The smallest absolute Gasteiger partial charge is 0.422 e. The van der Waals surface area contributed by atoms with E-state index in [-0.39, 0.29) is 22.9 Å². The molecule has 0 amide bonds. The molecule has 1 aromatic carbocycles. The van der Waals surface area contributed by atoms with Crippen molar-refractivity contribution in [3.05, 3.63) is 17.7 Å². The number of fused-ring (bicyclic) bond motifs is 1. The van der Waals surface area contributed by atoms with Gasteiger partial charge in [-0.15, -0.1) is 0 Å². The molecule has 2 aromatic rings. The fourth-order valence-corrected chi connectivity index (χ4v) is 2.27. The Hall–Kier alpha value is -2.18. The molecule has 1 heterocycles. The fraction of sp³-hybridized carbons (Fsp3) is 0.273. The van der Waals surface area contributed by atoms with Gasteiger partial charge in [0.25, 0.3) is 0 Å². The first-order valence-electron chi connectivity index (χ1n) is 6.08. The molecule has 0 fully saturated rings. The fourth-order valence-electron chi connectivity index (χ4n) is 1.96. The molecule has 0 spiro atoms. The minimum atomic E-state index is -4.75. The SMILES string of the molecule is C[N+](C)(c1cc2nc(N=C(N)N)[nH]c2cc1C(F)(F)F)S(=O)[O-]. The lowest BCUT2D eigenvalue weighted by atomic mass is 10.1. The molecule has 8 nitrogen and oxygen atoms in total. The second kappa shape index (κ2) is 5.47. The first-order valence-corrected chi connectivity index (χ1v) is 7.11. The molecular weight excluding hydrogens is 337 g/mol. The highest BCUT2D eigenvalue weighted by molar-refractivity contribution is 7.78. The average Bonchev–Trinajstić information content (AvgIpc) is 2.75. The van der Waals surface area contributed by atoms with Crippen LogP contribution in [0.5, 0.6) is 0 Å². The summed E-state index contributed by atoms with van der Waals surface area (Å²) in [6, 6.07) is 1.81. The Balaban J connectivity index is 2.79. The summed E-state index contributed by atoms with van der Waals surface area (Å²) in [5.74, 6) is -0.407. The number of rotatable bonds is 3. The van der Waals surface area contributed by atoms with Gasteiger partial charge in [-0.05, 0) is 6.07 Å². The van der Waals surface area contributed by atoms with Crippen LogP contribution in [-0.2, 0) is 17.4 Å². The third-order valence-electron chi connectivity index (χ3n) is 3.08. The van der Waals surface area contributed by atoms with E-state index in [0.29, 0.717) is 0 Å². The average molecular weight is 350 g/mol. The van der Waals surface area contributed by atoms with Crippen LogP contribution in [0.15, 0.2) is 17.1 Å². The van der Waals surface area contributed by atoms with Gasteiger partial charge in [-0.2, -0.15) is 18.2 Å². The Morgan fingerprint density at radius 3 is 2.48 bits per heavy atom. The van der Waals surface area contributed by atoms with Crippen LogP contribution in [-0.4, -0.2) is 38.8 Å². The van der Waals surface area contributed by atoms with Crippen molar-refractivity contribution in [1.82, 2.24) is 13.9 Å². The maximum atomic E-state index is 13.3. The normalized spacial score (nSPS) is 14.0. The topological polar surface area (TPSA) is 133 Å². The molecule has 0 aliphatic carbocycles.